The summed E-state index contributed by atoms with van der Waals surface area (Å²) in [6.07, 6.45) is 2.26. The molecule has 62 valence electrons. The Morgan fingerprint density at radius 2 is 2.36 bits per heavy atom. The van der Waals surface area contributed by atoms with Gasteiger partial charge in [0.2, 0.25) is 0 Å². The molecule has 11 heavy (non-hydrogen) atoms. The Morgan fingerprint density at radius 3 is 2.82 bits per heavy atom. The van der Waals surface area contributed by atoms with Crippen molar-refractivity contribution >= 4 is 12.6 Å². The van der Waals surface area contributed by atoms with Crippen LogP contribution in [-0.4, -0.2) is 11.9 Å². The molecule has 1 saturated carbocycles. The second-order valence-electron chi connectivity index (χ2n) is 2.77. The first kappa shape index (κ1) is 8.74. The zero-order valence-corrected chi connectivity index (χ0v) is 7.30. The van der Waals surface area contributed by atoms with Gasteiger partial charge in [-0.3, -0.25) is 0 Å². The summed E-state index contributed by atoms with van der Waals surface area (Å²) in [6, 6.07) is 0. The van der Waals surface area contributed by atoms with Gasteiger partial charge in [0, 0.05) is 5.75 Å². The fraction of sp³-hybridized carbons (Fsp3) is 0.714. The van der Waals surface area contributed by atoms with Crippen molar-refractivity contribution in [1.82, 2.24) is 0 Å². The van der Waals surface area contributed by atoms with Crippen LogP contribution in [0.4, 0.5) is 0 Å². The summed E-state index contributed by atoms with van der Waals surface area (Å²) in [5, 5.41) is 7.74. The Kier molecular flexibility index (Phi) is 3.08. The van der Waals surface area contributed by atoms with E-state index in [1.165, 1.54) is 12.8 Å². The summed E-state index contributed by atoms with van der Waals surface area (Å²) in [5.41, 5.74) is 6.33. The van der Waals surface area contributed by atoms with Crippen LogP contribution in [0, 0.1) is 5.92 Å². The molecule has 0 aromatic heterocycles. The third-order valence-corrected chi connectivity index (χ3v) is 1.99. The third kappa shape index (κ3) is 3.03. The number of hydrogen-bond acceptors (Lipinski definition) is 4. The molecule has 0 aromatic carbocycles. The van der Waals surface area contributed by atoms with Crippen molar-refractivity contribution in [2.45, 2.75) is 19.0 Å². The van der Waals surface area contributed by atoms with Gasteiger partial charge in [0.05, 0.1) is 5.70 Å². The summed E-state index contributed by atoms with van der Waals surface area (Å²) >= 11 is 3.99. The molecule has 0 spiro atoms. The van der Waals surface area contributed by atoms with Crippen molar-refractivity contribution in [1.29, 1.82) is 0 Å². The minimum absolute atomic E-state index is 0.119. The first-order valence-corrected chi connectivity index (χ1v) is 4.32. The van der Waals surface area contributed by atoms with Gasteiger partial charge < -0.3 is 5.73 Å². The van der Waals surface area contributed by atoms with E-state index in [9.17, 15) is 0 Å². The van der Waals surface area contributed by atoms with Gasteiger partial charge >= 0.3 is 0 Å². The van der Waals surface area contributed by atoms with E-state index < -0.39 is 0 Å². The molecule has 1 rings (SSSR count). The van der Waals surface area contributed by atoms with Crippen molar-refractivity contribution in [2.75, 3.05) is 5.75 Å². The van der Waals surface area contributed by atoms with Gasteiger partial charge in [-0.25, -0.2) is 0 Å². The maximum Gasteiger partial charge on any atom is 0.121 e. The number of azo groups is 1. The number of nitrogens with two attached hydrogens (primary N) is 1. The van der Waals surface area contributed by atoms with E-state index in [4.69, 9.17) is 5.73 Å². The van der Waals surface area contributed by atoms with Crippen LogP contribution in [0.25, 0.3) is 0 Å². The molecular weight excluding hydrogens is 158 g/mol. The Hall–Kier alpha value is -0.350. The average Bonchev–Trinajstić information content (AvgIpc) is 2.81. The first-order chi connectivity index (χ1) is 5.24. The molecule has 4 heteroatoms. The molecule has 0 aliphatic heterocycles. The lowest BCUT2D eigenvalue weighted by Crippen LogP contribution is -2.18. The lowest BCUT2D eigenvalue weighted by atomic mass is 10.3. The minimum atomic E-state index is -0.119. The maximum atomic E-state index is 5.66. The second-order valence-corrected chi connectivity index (χ2v) is 3.08. The van der Waals surface area contributed by atoms with Crippen molar-refractivity contribution in [2.24, 2.45) is 21.9 Å². The minimum Gasteiger partial charge on any atom is -0.308 e. The van der Waals surface area contributed by atoms with E-state index in [1.54, 1.807) is 0 Å². The Balaban J connectivity index is 2.26. The lowest BCUT2D eigenvalue weighted by molar-refractivity contribution is 0.592. The van der Waals surface area contributed by atoms with Gasteiger partial charge in [-0.15, -0.1) is 0 Å². The molecule has 3 nitrogen and oxygen atoms in total. The molecule has 1 aliphatic rings. The molecule has 0 aromatic rings. The van der Waals surface area contributed by atoms with Crippen molar-refractivity contribution in [3.05, 3.63) is 12.3 Å². The molecule has 0 heterocycles. The van der Waals surface area contributed by atoms with E-state index in [2.05, 4.69) is 29.4 Å². The van der Waals surface area contributed by atoms with Gasteiger partial charge in [0.1, 0.15) is 6.17 Å². The molecule has 1 atom stereocenters. The molecule has 2 N–H and O–H groups in total. The normalized spacial score (nSPS) is 20.5. The van der Waals surface area contributed by atoms with Gasteiger partial charge in [-0.05, 0) is 18.8 Å². The highest BCUT2D eigenvalue weighted by molar-refractivity contribution is 7.80. The highest BCUT2D eigenvalue weighted by atomic mass is 32.1. The fourth-order valence-corrected chi connectivity index (χ4v) is 0.775. The predicted octanol–water partition coefficient (Wildman–Crippen LogP) is 1.58. The summed E-state index contributed by atoms with van der Waals surface area (Å²) < 4.78 is 0. The molecule has 0 radical (unpaired) electrons. The summed E-state index contributed by atoms with van der Waals surface area (Å²) in [5.74, 6) is 1.10. The van der Waals surface area contributed by atoms with Crippen LogP contribution >= 0.6 is 12.6 Å². The summed E-state index contributed by atoms with van der Waals surface area (Å²) in [4.78, 5) is 0. The number of hydrogen-bond donors (Lipinski definition) is 2. The highest BCUT2D eigenvalue weighted by Crippen LogP contribution is 2.32. The molecule has 1 unspecified atom stereocenters. The van der Waals surface area contributed by atoms with Crippen LogP contribution in [0.3, 0.4) is 0 Å². The monoisotopic (exact) mass is 171 g/mol. The lowest BCUT2D eigenvalue weighted by Gasteiger charge is -2.00. The number of rotatable bonds is 4. The topological polar surface area (TPSA) is 50.7 Å². The molecule has 0 amide bonds. The van der Waals surface area contributed by atoms with Crippen LogP contribution in [0.1, 0.15) is 12.8 Å². The average molecular weight is 171 g/mol. The molecule has 0 bridgehead atoms. The largest absolute Gasteiger partial charge is 0.308 e. The predicted molar refractivity (Wildman–Crippen MR) is 48.5 cm³/mol. The zero-order chi connectivity index (χ0) is 8.27. The Morgan fingerprint density at radius 1 is 1.73 bits per heavy atom. The van der Waals surface area contributed by atoms with Crippen LogP contribution < -0.4 is 5.73 Å². The van der Waals surface area contributed by atoms with Gasteiger partial charge in [0.15, 0.2) is 0 Å². The quantitative estimate of drug-likeness (QED) is 0.489. The summed E-state index contributed by atoms with van der Waals surface area (Å²) in [7, 11) is 0. The first-order valence-electron chi connectivity index (χ1n) is 3.69. The Labute approximate surface area is 72.2 Å². The van der Waals surface area contributed by atoms with Crippen molar-refractivity contribution in [3.8, 4) is 0 Å². The molecular formula is C7H13N3S. The standard InChI is InChI=1S/C7H13N3S/c1-5(4-11)9-10-7(8)6-2-3-6/h6-7,11H,1-4,8H2. The summed E-state index contributed by atoms with van der Waals surface area (Å²) in [6.45, 7) is 3.63. The Bertz CT molecular complexity index is 175. The van der Waals surface area contributed by atoms with E-state index >= 15 is 0 Å². The maximum absolute atomic E-state index is 5.66. The van der Waals surface area contributed by atoms with E-state index in [-0.39, 0.29) is 6.17 Å². The van der Waals surface area contributed by atoms with Crippen LogP contribution in [-0.2, 0) is 0 Å². The van der Waals surface area contributed by atoms with E-state index in [0.717, 1.165) is 0 Å². The molecule has 1 fully saturated rings. The van der Waals surface area contributed by atoms with Gasteiger partial charge in [-0.2, -0.15) is 22.9 Å². The van der Waals surface area contributed by atoms with E-state index in [0.29, 0.717) is 17.4 Å². The van der Waals surface area contributed by atoms with Gasteiger partial charge in [0.25, 0.3) is 0 Å². The third-order valence-electron chi connectivity index (χ3n) is 1.62. The second kappa shape index (κ2) is 3.88. The zero-order valence-electron chi connectivity index (χ0n) is 6.40. The van der Waals surface area contributed by atoms with Gasteiger partial charge in [-0.1, -0.05) is 6.58 Å². The number of thiol groups is 1. The molecule has 0 saturated heterocycles. The smallest absolute Gasteiger partial charge is 0.121 e. The van der Waals surface area contributed by atoms with Crippen LogP contribution in [0.15, 0.2) is 22.5 Å². The van der Waals surface area contributed by atoms with E-state index in [1.807, 2.05) is 0 Å². The van der Waals surface area contributed by atoms with Crippen molar-refractivity contribution < 1.29 is 0 Å². The molecule has 1 aliphatic carbocycles. The van der Waals surface area contributed by atoms with Crippen LogP contribution in [0.2, 0.25) is 0 Å². The number of nitrogens with zero attached hydrogens (tertiary/aromatic N) is 2. The fourth-order valence-electron chi connectivity index (χ4n) is 0.712. The highest BCUT2D eigenvalue weighted by Gasteiger charge is 2.28. The van der Waals surface area contributed by atoms with Crippen LogP contribution in [0.5, 0.6) is 0 Å². The van der Waals surface area contributed by atoms with Crippen molar-refractivity contribution in [3.63, 3.8) is 0 Å². The SMILES string of the molecule is C=C(CS)N=NC(N)C1CC1.